The van der Waals surface area contributed by atoms with E-state index >= 15 is 0 Å². The van der Waals surface area contributed by atoms with Gasteiger partial charge in [-0.25, -0.2) is 0 Å². The van der Waals surface area contributed by atoms with Crippen LogP contribution in [0.4, 0.5) is 0 Å². The van der Waals surface area contributed by atoms with Crippen molar-refractivity contribution in [3.8, 4) is 0 Å². The minimum atomic E-state index is -1.11. The number of ether oxygens (including phenoxy) is 1. The molecule has 4 rings (SSSR count). The molecule has 2 aliphatic rings. The van der Waals surface area contributed by atoms with Gasteiger partial charge in [-0.2, -0.15) is 0 Å². The Morgan fingerprint density at radius 3 is 2.45 bits per heavy atom. The second kappa shape index (κ2) is 11.2. The zero-order valence-electron chi connectivity index (χ0n) is 18.7. The summed E-state index contributed by atoms with van der Waals surface area (Å²) in [7, 11) is 0. The fourth-order valence-corrected chi connectivity index (χ4v) is 4.49. The molecule has 0 bridgehead atoms. The molecule has 0 radical (unpaired) electrons. The minimum absolute atomic E-state index is 0.0189. The van der Waals surface area contributed by atoms with E-state index in [9.17, 15) is 14.4 Å². The van der Waals surface area contributed by atoms with Gasteiger partial charge >= 0.3 is 11.8 Å². The summed E-state index contributed by atoms with van der Waals surface area (Å²) in [4.78, 5) is 40.9. The van der Waals surface area contributed by atoms with Crippen molar-refractivity contribution in [1.29, 1.82) is 0 Å². The summed E-state index contributed by atoms with van der Waals surface area (Å²) in [5.74, 6) is -1.06. The lowest BCUT2D eigenvalue weighted by molar-refractivity contribution is -0.152. The van der Waals surface area contributed by atoms with Crippen LogP contribution in [0, 0.1) is 0 Å². The molecule has 2 aromatic rings. The summed E-state index contributed by atoms with van der Waals surface area (Å²) in [5.41, 5.74) is 0. The highest BCUT2D eigenvalue weighted by Crippen LogP contribution is 2.26. The van der Waals surface area contributed by atoms with Gasteiger partial charge in [0.15, 0.2) is 6.04 Å². The molecule has 9 heteroatoms. The molecule has 2 atom stereocenters. The first kappa shape index (κ1) is 23.1. The Morgan fingerprint density at radius 2 is 1.79 bits per heavy atom. The van der Waals surface area contributed by atoms with Gasteiger partial charge in [0.25, 0.3) is 5.91 Å². The van der Waals surface area contributed by atoms with Gasteiger partial charge in [0.05, 0.1) is 25.2 Å². The third kappa shape index (κ3) is 6.04. The van der Waals surface area contributed by atoms with Crippen LogP contribution in [0.2, 0.25) is 0 Å². The lowest BCUT2D eigenvalue weighted by Crippen LogP contribution is -2.52. The standard InChI is InChI=1S/C24H31N3O6/c28-22(25-15-18-9-4-12-31-18)21(20-11-6-14-33-20)27(16-19-10-5-13-32-19)24(30)23(29)26-17-7-2-1-3-8-17/h4,6,9,11-12,14,17,19,21H,1-3,5,7-8,10,13,15-16H2,(H,25,28)(H,26,29)/t19-,21+/m0/s1. The molecule has 0 spiro atoms. The molecule has 2 N–H and O–H groups in total. The number of carbonyl (C=O) groups excluding carboxylic acids is 3. The Balaban J connectivity index is 1.54. The number of carbonyl (C=O) groups is 3. The maximum absolute atomic E-state index is 13.4. The van der Waals surface area contributed by atoms with Crippen LogP contribution < -0.4 is 10.6 Å². The molecule has 1 saturated heterocycles. The van der Waals surface area contributed by atoms with E-state index in [0.717, 1.165) is 44.9 Å². The number of rotatable bonds is 8. The molecule has 3 amide bonds. The fourth-order valence-electron chi connectivity index (χ4n) is 4.49. The van der Waals surface area contributed by atoms with Crippen LogP contribution >= 0.6 is 0 Å². The third-order valence-electron chi connectivity index (χ3n) is 6.21. The molecule has 0 aromatic carbocycles. The van der Waals surface area contributed by atoms with Crippen molar-refractivity contribution < 1.29 is 28.0 Å². The Hall–Kier alpha value is -3.07. The van der Waals surface area contributed by atoms with Crippen molar-refractivity contribution in [3.63, 3.8) is 0 Å². The molecular formula is C24H31N3O6. The zero-order valence-corrected chi connectivity index (χ0v) is 18.7. The van der Waals surface area contributed by atoms with Crippen molar-refractivity contribution in [2.75, 3.05) is 13.2 Å². The highest BCUT2D eigenvalue weighted by molar-refractivity contribution is 6.35. The SMILES string of the molecule is O=C(NC1CCCCC1)C(=O)N(C[C@@H]1CCCO1)[C@@H](C(=O)NCc1ccco1)c1ccco1. The van der Waals surface area contributed by atoms with Gasteiger partial charge < -0.3 is 29.1 Å². The van der Waals surface area contributed by atoms with E-state index in [0.29, 0.717) is 12.4 Å². The predicted octanol–water partition coefficient (Wildman–Crippen LogP) is 2.69. The summed E-state index contributed by atoms with van der Waals surface area (Å²) in [5, 5.41) is 5.66. The Bertz CT molecular complexity index is 899. The third-order valence-corrected chi connectivity index (χ3v) is 6.21. The molecule has 1 saturated carbocycles. The summed E-state index contributed by atoms with van der Waals surface area (Å²) in [6, 6.07) is 5.63. The number of nitrogens with zero attached hydrogens (tertiary/aromatic N) is 1. The smallest absolute Gasteiger partial charge is 0.313 e. The number of furan rings is 2. The van der Waals surface area contributed by atoms with Crippen LogP contribution in [0.1, 0.15) is 62.5 Å². The monoisotopic (exact) mass is 457 g/mol. The first-order chi connectivity index (χ1) is 16.1. The number of hydrogen-bond donors (Lipinski definition) is 2. The fraction of sp³-hybridized carbons (Fsp3) is 0.542. The topological polar surface area (TPSA) is 114 Å². The van der Waals surface area contributed by atoms with Gasteiger partial charge in [-0.05, 0) is 49.9 Å². The maximum Gasteiger partial charge on any atom is 0.313 e. The van der Waals surface area contributed by atoms with Gasteiger partial charge in [0, 0.05) is 19.2 Å². The number of nitrogens with one attached hydrogen (secondary N) is 2. The largest absolute Gasteiger partial charge is 0.467 e. The molecule has 2 aromatic heterocycles. The molecule has 178 valence electrons. The highest BCUT2D eigenvalue weighted by Gasteiger charge is 2.39. The second-order valence-corrected chi connectivity index (χ2v) is 8.62. The van der Waals surface area contributed by atoms with E-state index in [4.69, 9.17) is 13.6 Å². The summed E-state index contributed by atoms with van der Waals surface area (Å²) in [6.07, 6.45) is 9.27. The molecule has 2 fully saturated rings. The van der Waals surface area contributed by atoms with Crippen LogP contribution in [0.15, 0.2) is 45.6 Å². The van der Waals surface area contributed by atoms with E-state index in [1.807, 2.05) is 0 Å². The van der Waals surface area contributed by atoms with E-state index in [1.165, 1.54) is 17.4 Å². The quantitative estimate of drug-likeness (QED) is 0.589. The summed E-state index contributed by atoms with van der Waals surface area (Å²) in [6.45, 7) is 0.868. The van der Waals surface area contributed by atoms with Crippen molar-refractivity contribution >= 4 is 17.7 Å². The van der Waals surface area contributed by atoms with E-state index in [-0.39, 0.29) is 31.0 Å². The van der Waals surface area contributed by atoms with E-state index in [1.54, 1.807) is 24.3 Å². The molecule has 3 heterocycles. The molecule has 1 aliphatic carbocycles. The molecule has 33 heavy (non-hydrogen) atoms. The second-order valence-electron chi connectivity index (χ2n) is 8.62. The molecule has 0 unspecified atom stereocenters. The Labute approximate surface area is 192 Å². The van der Waals surface area contributed by atoms with Crippen molar-refractivity contribution in [2.24, 2.45) is 0 Å². The lowest BCUT2D eigenvalue weighted by Gasteiger charge is -2.32. The van der Waals surface area contributed by atoms with Crippen molar-refractivity contribution in [3.05, 3.63) is 48.3 Å². The van der Waals surface area contributed by atoms with Crippen LogP contribution in [-0.2, 0) is 25.7 Å². The van der Waals surface area contributed by atoms with Crippen LogP contribution in [0.25, 0.3) is 0 Å². The minimum Gasteiger partial charge on any atom is -0.467 e. The first-order valence-corrected chi connectivity index (χ1v) is 11.7. The van der Waals surface area contributed by atoms with Crippen molar-refractivity contribution in [1.82, 2.24) is 15.5 Å². The average Bonchev–Trinajstić information content (AvgIpc) is 3.62. The van der Waals surface area contributed by atoms with Crippen LogP contribution in [0.5, 0.6) is 0 Å². The van der Waals surface area contributed by atoms with Gasteiger partial charge in [0.1, 0.15) is 11.5 Å². The maximum atomic E-state index is 13.4. The summed E-state index contributed by atoms with van der Waals surface area (Å²) >= 11 is 0. The molecular weight excluding hydrogens is 426 g/mol. The van der Waals surface area contributed by atoms with Crippen LogP contribution in [-0.4, -0.2) is 47.9 Å². The number of hydrogen-bond acceptors (Lipinski definition) is 6. The highest BCUT2D eigenvalue weighted by atomic mass is 16.5. The van der Waals surface area contributed by atoms with Gasteiger partial charge in [-0.1, -0.05) is 19.3 Å². The predicted molar refractivity (Wildman–Crippen MR) is 118 cm³/mol. The normalized spacial score (nSPS) is 19.7. The van der Waals surface area contributed by atoms with Gasteiger partial charge in [0.2, 0.25) is 0 Å². The van der Waals surface area contributed by atoms with Crippen LogP contribution in [0.3, 0.4) is 0 Å². The van der Waals surface area contributed by atoms with Crippen molar-refractivity contribution in [2.45, 2.75) is 69.7 Å². The lowest BCUT2D eigenvalue weighted by atomic mass is 9.95. The molecule has 1 aliphatic heterocycles. The first-order valence-electron chi connectivity index (χ1n) is 11.7. The summed E-state index contributed by atoms with van der Waals surface area (Å²) < 4.78 is 16.5. The Morgan fingerprint density at radius 1 is 1.00 bits per heavy atom. The van der Waals surface area contributed by atoms with Gasteiger partial charge in [-0.15, -0.1) is 0 Å². The van der Waals surface area contributed by atoms with E-state index < -0.39 is 23.8 Å². The zero-order chi connectivity index (χ0) is 23.0. The van der Waals surface area contributed by atoms with E-state index in [2.05, 4.69) is 10.6 Å². The molecule has 9 nitrogen and oxygen atoms in total. The Kier molecular flexibility index (Phi) is 7.83. The number of amides is 3. The van der Waals surface area contributed by atoms with Gasteiger partial charge in [-0.3, -0.25) is 14.4 Å². The average molecular weight is 458 g/mol.